The van der Waals surface area contributed by atoms with Crippen molar-refractivity contribution >= 4 is 19.8 Å². The zero-order chi connectivity index (χ0) is 47.1. The molecule has 0 amide bonds. The van der Waals surface area contributed by atoms with Gasteiger partial charge in [-0.2, -0.15) is 0 Å². The van der Waals surface area contributed by atoms with Crippen LogP contribution in [0.3, 0.4) is 0 Å². The molecule has 0 aromatic rings. The molecule has 0 rings (SSSR count). The van der Waals surface area contributed by atoms with E-state index < -0.39 is 26.5 Å². The minimum absolute atomic E-state index is 0.0338. The van der Waals surface area contributed by atoms with Gasteiger partial charge >= 0.3 is 11.9 Å². The Kier molecular flexibility index (Phi) is 45.5. The lowest BCUT2D eigenvalue weighted by atomic mass is 10.0. The largest absolute Gasteiger partial charge is 0.756 e. The van der Waals surface area contributed by atoms with Crippen LogP contribution in [0.2, 0.25) is 0 Å². The maximum atomic E-state index is 12.7. The summed E-state index contributed by atoms with van der Waals surface area (Å²) in [5.74, 6) is -0.862. The summed E-state index contributed by atoms with van der Waals surface area (Å²) in [6.45, 7) is 4.23. The molecule has 0 bridgehead atoms. The van der Waals surface area contributed by atoms with Crippen molar-refractivity contribution < 1.29 is 42.1 Å². The van der Waals surface area contributed by atoms with Gasteiger partial charge in [0.1, 0.15) is 19.8 Å². The zero-order valence-electron chi connectivity index (χ0n) is 42.7. The third-order valence-corrected chi connectivity index (χ3v) is 12.9. The summed E-state index contributed by atoms with van der Waals surface area (Å²) in [5.41, 5.74) is 0. The number of quaternary nitrogens is 1. The van der Waals surface area contributed by atoms with Gasteiger partial charge < -0.3 is 27.9 Å². The molecular formula is C54H104NO8P. The number of ether oxygens (including phenoxy) is 2. The molecule has 0 radical (unpaired) electrons. The van der Waals surface area contributed by atoms with Crippen LogP contribution in [0, 0.1) is 0 Å². The Morgan fingerprint density at radius 2 is 0.812 bits per heavy atom. The minimum Gasteiger partial charge on any atom is -0.756 e. The highest BCUT2D eigenvalue weighted by molar-refractivity contribution is 7.45. The van der Waals surface area contributed by atoms with Crippen LogP contribution in [0.5, 0.6) is 0 Å². The van der Waals surface area contributed by atoms with Gasteiger partial charge in [0.2, 0.25) is 0 Å². The average molecular weight is 926 g/mol. The molecule has 0 fully saturated rings. The number of hydrogen-bond acceptors (Lipinski definition) is 8. The Bertz CT molecular complexity index is 1140. The standard InChI is InChI=1S/C54H104NO8P/c1-6-8-10-12-14-16-18-20-22-24-25-26-27-28-29-31-33-35-37-39-41-43-45-47-54(57)63-52(51-62-64(58,59)61-49-48-55(3,4)5)50-60-53(56)46-44-42-40-38-36-34-32-30-23-21-19-17-15-13-11-9-7-2/h17,19,39,41,52H,6-16,18,20-38,40,42-51H2,1-5H3/b19-17+,41-39+/t52-/m1/s1. The van der Waals surface area contributed by atoms with E-state index in [1.807, 2.05) is 21.1 Å². The van der Waals surface area contributed by atoms with Crippen LogP contribution in [0.1, 0.15) is 258 Å². The Balaban J connectivity index is 4.21. The summed E-state index contributed by atoms with van der Waals surface area (Å²) >= 11 is 0. The Morgan fingerprint density at radius 1 is 0.469 bits per heavy atom. The second-order valence-electron chi connectivity index (χ2n) is 19.6. The average Bonchev–Trinajstić information content (AvgIpc) is 3.25. The van der Waals surface area contributed by atoms with Crippen LogP contribution < -0.4 is 4.89 Å². The van der Waals surface area contributed by atoms with E-state index in [4.69, 9.17) is 18.5 Å². The molecule has 0 aliphatic heterocycles. The maximum Gasteiger partial charge on any atom is 0.306 e. The fraction of sp³-hybridized carbons (Fsp3) is 0.889. The number of unbranched alkanes of at least 4 members (excludes halogenated alkanes) is 32. The number of likely N-dealkylation sites (N-methyl/N-ethyl adjacent to an activating group) is 1. The van der Waals surface area contributed by atoms with E-state index in [1.54, 1.807) is 0 Å². The third-order valence-electron chi connectivity index (χ3n) is 11.9. The van der Waals surface area contributed by atoms with Gasteiger partial charge in [-0.3, -0.25) is 14.2 Å². The van der Waals surface area contributed by atoms with Gasteiger partial charge in [-0.25, -0.2) is 0 Å². The Labute approximate surface area is 396 Å². The SMILES string of the molecule is CCCCCC/C=C/CCCCCCCCCCCC(=O)OC[C@H](COP(=O)([O-])OCC[N+](C)(C)C)OC(=O)CCC/C=C/CCCCCCCCCCCCCCCCCCCC. The first kappa shape index (κ1) is 62.5. The lowest BCUT2D eigenvalue weighted by Crippen LogP contribution is -2.37. The summed E-state index contributed by atoms with van der Waals surface area (Å²) in [5, 5.41) is 0. The second kappa shape index (κ2) is 46.6. The summed E-state index contributed by atoms with van der Waals surface area (Å²) in [4.78, 5) is 37.7. The van der Waals surface area contributed by atoms with Crippen molar-refractivity contribution in [3.05, 3.63) is 24.3 Å². The van der Waals surface area contributed by atoms with Crippen molar-refractivity contribution in [2.45, 2.75) is 264 Å². The molecule has 0 aromatic heterocycles. The predicted molar refractivity (Wildman–Crippen MR) is 268 cm³/mol. The highest BCUT2D eigenvalue weighted by Gasteiger charge is 2.21. The number of rotatable bonds is 50. The molecule has 9 nitrogen and oxygen atoms in total. The molecule has 0 saturated heterocycles. The summed E-state index contributed by atoms with van der Waals surface area (Å²) < 4.78 is 34.0. The first-order valence-corrected chi connectivity index (χ1v) is 28.5. The van der Waals surface area contributed by atoms with Crippen LogP contribution in [0.4, 0.5) is 0 Å². The van der Waals surface area contributed by atoms with Gasteiger partial charge in [-0.05, 0) is 57.8 Å². The van der Waals surface area contributed by atoms with Crippen molar-refractivity contribution in [1.29, 1.82) is 0 Å². The predicted octanol–water partition coefficient (Wildman–Crippen LogP) is 15.6. The molecule has 0 saturated carbocycles. The second-order valence-corrected chi connectivity index (χ2v) is 21.0. The molecule has 0 spiro atoms. The van der Waals surface area contributed by atoms with Gasteiger partial charge in [0.05, 0.1) is 27.7 Å². The van der Waals surface area contributed by atoms with Crippen molar-refractivity contribution in [1.82, 2.24) is 0 Å². The molecule has 378 valence electrons. The number of carbonyl (C=O) groups is 2. The normalized spacial score (nSPS) is 13.5. The van der Waals surface area contributed by atoms with E-state index in [0.717, 1.165) is 32.1 Å². The van der Waals surface area contributed by atoms with E-state index in [1.165, 1.54) is 193 Å². The first-order valence-electron chi connectivity index (χ1n) is 27.0. The number of esters is 2. The van der Waals surface area contributed by atoms with Crippen LogP contribution in [-0.4, -0.2) is 70.0 Å². The molecule has 0 aliphatic rings. The summed E-state index contributed by atoms with van der Waals surface area (Å²) in [6.07, 6.45) is 53.7. The number of hydrogen-bond donors (Lipinski definition) is 0. The molecule has 0 heterocycles. The van der Waals surface area contributed by atoms with E-state index in [0.29, 0.717) is 17.4 Å². The van der Waals surface area contributed by atoms with Crippen molar-refractivity contribution in [2.75, 3.05) is 47.5 Å². The van der Waals surface area contributed by atoms with Gasteiger partial charge in [0.15, 0.2) is 6.10 Å². The molecule has 10 heteroatoms. The quantitative estimate of drug-likeness (QED) is 0.0195. The summed E-state index contributed by atoms with van der Waals surface area (Å²) in [6, 6.07) is 0. The minimum atomic E-state index is -4.64. The number of allylic oxidation sites excluding steroid dienone is 4. The molecular weight excluding hydrogens is 822 g/mol. The van der Waals surface area contributed by atoms with Crippen LogP contribution >= 0.6 is 7.82 Å². The van der Waals surface area contributed by atoms with Gasteiger partial charge in [-0.15, -0.1) is 0 Å². The number of carbonyl (C=O) groups excluding carboxylic acids is 2. The van der Waals surface area contributed by atoms with E-state index in [9.17, 15) is 19.0 Å². The van der Waals surface area contributed by atoms with Crippen LogP contribution in [0.15, 0.2) is 24.3 Å². The first-order chi connectivity index (χ1) is 31.0. The van der Waals surface area contributed by atoms with Crippen molar-refractivity contribution in [3.63, 3.8) is 0 Å². The molecule has 0 aromatic carbocycles. The molecule has 0 N–H and O–H groups in total. The fourth-order valence-corrected chi connectivity index (χ4v) is 8.44. The highest BCUT2D eigenvalue weighted by Crippen LogP contribution is 2.38. The molecule has 0 aliphatic carbocycles. The number of phosphoric ester groups is 1. The lowest BCUT2D eigenvalue weighted by Gasteiger charge is -2.28. The number of phosphoric acid groups is 1. The Hall–Kier alpha value is -1.51. The number of nitrogens with zero attached hydrogens (tertiary/aromatic N) is 1. The van der Waals surface area contributed by atoms with Gasteiger partial charge in [-0.1, -0.05) is 212 Å². The smallest absolute Gasteiger partial charge is 0.306 e. The monoisotopic (exact) mass is 926 g/mol. The van der Waals surface area contributed by atoms with Crippen LogP contribution in [0.25, 0.3) is 0 Å². The summed E-state index contributed by atoms with van der Waals surface area (Å²) in [7, 11) is 1.16. The molecule has 2 atom stereocenters. The van der Waals surface area contributed by atoms with E-state index >= 15 is 0 Å². The van der Waals surface area contributed by atoms with Crippen molar-refractivity contribution in [3.8, 4) is 0 Å². The van der Waals surface area contributed by atoms with Gasteiger partial charge in [0, 0.05) is 12.8 Å². The fourth-order valence-electron chi connectivity index (χ4n) is 7.71. The van der Waals surface area contributed by atoms with E-state index in [-0.39, 0.29) is 32.0 Å². The lowest BCUT2D eigenvalue weighted by molar-refractivity contribution is -0.870. The zero-order valence-corrected chi connectivity index (χ0v) is 43.6. The third kappa shape index (κ3) is 49.9. The molecule has 64 heavy (non-hydrogen) atoms. The van der Waals surface area contributed by atoms with Gasteiger partial charge in [0.25, 0.3) is 7.82 Å². The van der Waals surface area contributed by atoms with Crippen molar-refractivity contribution in [2.24, 2.45) is 0 Å². The maximum absolute atomic E-state index is 12.7. The van der Waals surface area contributed by atoms with E-state index in [2.05, 4.69) is 38.2 Å². The molecule has 1 unspecified atom stereocenters. The Morgan fingerprint density at radius 3 is 1.22 bits per heavy atom. The topological polar surface area (TPSA) is 111 Å². The highest BCUT2D eigenvalue weighted by atomic mass is 31.2. The van der Waals surface area contributed by atoms with Crippen LogP contribution in [-0.2, 0) is 32.7 Å².